The van der Waals surface area contributed by atoms with Crippen molar-refractivity contribution in [1.29, 1.82) is 5.26 Å². The van der Waals surface area contributed by atoms with Crippen LogP contribution in [0.1, 0.15) is 29.2 Å². The number of carbonyl (C=O) groups excluding carboxylic acids is 1. The highest BCUT2D eigenvalue weighted by Gasteiger charge is 2.13. The Labute approximate surface area is 100 Å². The first-order valence-corrected chi connectivity index (χ1v) is 5.38. The largest absolute Gasteiger partial charge is 0.469 e. The summed E-state index contributed by atoms with van der Waals surface area (Å²) in [6.07, 6.45) is 0.829. The van der Waals surface area contributed by atoms with Crippen molar-refractivity contribution < 1.29 is 14.6 Å². The van der Waals surface area contributed by atoms with Crippen molar-refractivity contribution in [2.75, 3.05) is 7.11 Å². The molecule has 0 spiro atoms. The topological polar surface area (TPSA) is 70.3 Å². The number of aliphatic hydroxyl groups is 1. The molecule has 0 bridgehead atoms. The Balaban J connectivity index is 3.25. The molecule has 4 nitrogen and oxygen atoms in total. The van der Waals surface area contributed by atoms with Gasteiger partial charge in [-0.2, -0.15) is 5.26 Å². The van der Waals surface area contributed by atoms with Gasteiger partial charge < -0.3 is 9.84 Å². The highest BCUT2D eigenvalue weighted by molar-refractivity contribution is 5.73. The van der Waals surface area contributed by atoms with Crippen LogP contribution in [-0.4, -0.2) is 18.2 Å². The normalized spacial score (nSPS) is 9.76. The molecule has 1 N–H and O–H groups in total. The van der Waals surface area contributed by atoms with E-state index in [0.29, 0.717) is 17.5 Å². The number of rotatable bonds is 4. The molecule has 17 heavy (non-hydrogen) atoms. The molecule has 1 aromatic rings. The number of nitriles is 1. The molecule has 0 radical (unpaired) electrons. The van der Waals surface area contributed by atoms with Gasteiger partial charge in [-0.1, -0.05) is 6.92 Å². The fourth-order valence-corrected chi connectivity index (χ4v) is 1.76. The second-order valence-corrected chi connectivity index (χ2v) is 3.65. The molecule has 0 amide bonds. The zero-order chi connectivity index (χ0) is 12.8. The number of aliphatic hydroxyl groups excluding tert-OH is 1. The van der Waals surface area contributed by atoms with Crippen LogP contribution in [0.5, 0.6) is 0 Å². The third kappa shape index (κ3) is 3.05. The molecule has 0 saturated heterocycles. The van der Waals surface area contributed by atoms with Crippen molar-refractivity contribution in [1.82, 2.24) is 0 Å². The number of ether oxygens (including phenoxy) is 1. The van der Waals surface area contributed by atoms with Crippen LogP contribution < -0.4 is 0 Å². The van der Waals surface area contributed by atoms with E-state index in [9.17, 15) is 9.90 Å². The summed E-state index contributed by atoms with van der Waals surface area (Å²) in [4.78, 5) is 11.3. The summed E-state index contributed by atoms with van der Waals surface area (Å²) in [5.74, 6) is -0.348. The lowest BCUT2D eigenvalue weighted by Gasteiger charge is -2.12. The second kappa shape index (κ2) is 6.02. The van der Waals surface area contributed by atoms with Crippen LogP contribution in [-0.2, 0) is 29.0 Å². The Kier molecular flexibility index (Phi) is 4.68. The molecule has 1 aromatic carbocycles. The van der Waals surface area contributed by atoms with Gasteiger partial charge in [0.2, 0.25) is 0 Å². The zero-order valence-corrected chi connectivity index (χ0v) is 9.99. The number of benzene rings is 1. The van der Waals surface area contributed by atoms with Gasteiger partial charge in [-0.3, -0.25) is 4.79 Å². The van der Waals surface area contributed by atoms with E-state index in [-0.39, 0.29) is 19.0 Å². The summed E-state index contributed by atoms with van der Waals surface area (Å²) in [7, 11) is 1.33. The fourth-order valence-electron chi connectivity index (χ4n) is 1.76. The lowest BCUT2D eigenvalue weighted by Crippen LogP contribution is -2.10. The summed E-state index contributed by atoms with van der Waals surface area (Å²) in [5, 5.41) is 18.2. The second-order valence-electron chi connectivity index (χ2n) is 3.65. The maximum Gasteiger partial charge on any atom is 0.309 e. The molecule has 0 heterocycles. The van der Waals surface area contributed by atoms with Gasteiger partial charge in [-0.15, -0.1) is 0 Å². The molecule has 0 aliphatic rings. The molecule has 0 aromatic heterocycles. The average Bonchev–Trinajstić information content (AvgIpc) is 2.38. The van der Waals surface area contributed by atoms with Crippen LogP contribution >= 0.6 is 0 Å². The van der Waals surface area contributed by atoms with Crippen molar-refractivity contribution >= 4 is 5.97 Å². The molecular weight excluding hydrogens is 218 g/mol. The fraction of sp³-hybridized carbons (Fsp3) is 0.385. The van der Waals surface area contributed by atoms with Gasteiger partial charge in [0.25, 0.3) is 0 Å². The van der Waals surface area contributed by atoms with Gasteiger partial charge in [-0.25, -0.2) is 0 Å². The molecular formula is C13H15NO3. The molecule has 0 atom stereocenters. The van der Waals surface area contributed by atoms with E-state index in [1.54, 1.807) is 12.1 Å². The Morgan fingerprint density at radius 1 is 1.47 bits per heavy atom. The predicted molar refractivity (Wildman–Crippen MR) is 62.2 cm³/mol. The van der Waals surface area contributed by atoms with Gasteiger partial charge in [0.1, 0.15) is 0 Å². The Morgan fingerprint density at radius 3 is 2.59 bits per heavy atom. The van der Waals surface area contributed by atoms with E-state index in [1.165, 1.54) is 7.11 Å². The Hall–Kier alpha value is -1.86. The van der Waals surface area contributed by atoms with E-state index < -0.39 is 0 Å². The van der Waals surface area contributed by atoms with Crippen LogP contribution in [0.15, 0.2) is 12.1 Å². The summed E-state index contributed by atoms with van der Waals surface area (Å²) < 4.78 is 4.62. The average molecular weight is 233 g/mol. The van der Waals surface area contributed by atoms with Crippen LogP contribution in [0.2, 0.25) is 0 Å². The summed E-state index contributed by atoms with van der Waals surface area (Å²) in [5.41, 5.74) is 2.78. The smallest absolute Gasteiger partial charge is 0.309 e. The maximum absolute atomic E-state index is 11.3. The molecule has 0 aliphatic carbocycles. The van der Waals surface area contributed by atoms with Crippen molar-refractivity contribution in [2.24, 2.45) is 0 Å². The molecule has 0 saturated carbocycles. The number of hydrogen-bond donors (Lipinski definition) is 1. The predicted octanol–water partition coefficient (Wildman–Crippen LogP) is 1.33. The third-order valence-electron chi connectivity index (χ3n) is 2.66. The summed E-state index contributed by atoms with van der Waals surface area (Å²) in [6.45, 7) is 1.76. The highest BCUT2D eigenvalue weighted by atomic mass is 16.5. The molecule has 0 aliphatic heterocycles. The minimum atomic E-state index is -0.348. The lowest BCUT2D eigenvalue weighted by atomic mass is 9.94. The summed E-state index contributed by atoms with van der Waals surface area (Å²) >= 11 is 0. The van der Waals surface area contributed by atoms with Crippen molar-refractivity contribution in [3.63, 3.8) is 0 Å². The zero-order valence-electron chi connectivity index (χ0n) is 9.99. The molecule has 0 fully saturated rings. The van der Waals surface area contributed by atoms with Gasteiger partial charge in [0.15, 0.2) is 0 Å². The SMILES string of the molecule is CCc1cc(C#N)cc(CO)c1CC(=O)OC. The Bertz CT molecular complexity index is 435. The van der Waals surface area contributed by atoms with E-state index in [0.717, 1.165) is 11.1 Å². The van der Waals surface area contributed by atoms with E-state index in [4.69, 9.17) is 5.26 Å². The number of aryl methyl sites for hydroxylation is 1. The number of esters is 1. The first-order valence-electron chi connectivity index (χ1n) is 5.38. The van der Waals surface area contributed by atoms with Gasteiger partial charge in [0.05, 0.1) is 31.8 Å². The molecule has 0 unspecified atom stereocenters. The van der Waals surface area contributed by atoms with Crippen LogP contribution in [0.3, 0.4) is 0 Å². The van der Waals surface area contributed by atoms with E-state index in [1.807, 2.05) is 13.0 Å². The monoisotopic (exact) mass is 233 g/mol. The summed E-state index contributed by atoms with van der Waals surface area (Å²) in [6, 6.07) is 5.40. The first-order chi connectivity index (χ1) is 8.15. The maximum atomic E-state index is 11.3. The molecule has 90 valence electrons. The standard InChI is InChI=1S/C13H15NO3/c1-3-10-4-9(7-14)5-11(8-15)12(10)6-13(16)17-2/h4-5,15H,3,6,8H2,1-2H3. The first kappa shape index (κ1) is 13.2. The van der Waals surface area contributed by atoms with Crippen LogP contribution in [0.4, 0.5) is 0 Å². The van der Waals surface area contributed by atoms with E-state index >= 15 is 0 Å². The number of hydrogen-bond acceptors (Lipinski definition) is 4. The van der Waals surface area contributed by atoms with Crippen molar-refractivity contribution in [3.05, 3.63) is 34.4 Å². The van der Waals surface area contributed by atoms with Gasteiger partial charge >= 0.3 is 5.97 Å². The van der Waals surface area contributed by atoms with Crippen molar-refractivity contribution in [3.8, 4) is 6.07 Å². The minimum absolute atomic E-state index is 0.126. The van der Waals surface area contributed by atoms with E-state index in [2.05, 4.69) is 4.74 Å². The molecule has 4 heteroatoms. The number of nitrogens with zero attached hydrogens (tertiary/aromatic N) is 1. The third-order valence-corrected chi connectivity index (χ3v) is 2.66. The van der Waals surface area contributed by atoms with Crippen LogP contribution in [0, 0.1) is 11.3 Å². The lowest BCUT2D eigenvalue weighted by molar-refractivity contribution is -0.139. The van der Waals surface area contributed by atoms with Crippen LogP contribution in [0.25, 0.3) is 0 Å². The quantitative estimate of drug-likeness (QED) is 0.796. The molecule has 1 rings (SSSR count). The number of carbonyl (C=O) groups is 1. The Morgan fingerprint density at radius 2 is 2.12 bits per heavy atom. The van der Waals surface area contributed by atoms with Crippen molar-refractivity contribution in [2.45, 2.75) is 26.4 Å². The van der Waals surface area contributed by atoms with Gasteiger partial charge in [-0.05, 0) is 35.2 Å². The highest BCUT2D eigenvalue weighted by Crippen LogP contribution is 2.20. The number of methoxy groups -OCH3 is 1. The minimum Gasteiger partial charge on any atom is -0.469 e. The van der Waals surface area contributed by atoms with Gasteiger partial charge in [0, 0.05) is 0 Å².